The van der Waals surface area contributed by atoms with E-state index in [-0.39, 0.29) is 5.91 Å². The fourth-order valence-corrected chi connectivity index (χ4v) is 3.04. The van der Waals surface area contributed by atoms with E-state index in [0.29, 0.717) is 13.2 Å². The summed E-state index contributed by atoms with van der Waals surface area (Å²) in [6.45, 7) is 4.73. The average Bonchev–Trinajstić information content (AvgIpc) is 3.09. The van der Waals surface area contributed by atoms with Gasteiger partial charge >= 0.3 is 0 Å². The number of aryl methyl sites for hydroxylation is 2. The topological polar surface area (TPSA) is 64.1 Å². The molecule has 0 atom stereocenters. The van der Waals surface area contributed by atoms with Crippen LogP contribution in [0.1, 0.15) is 27.7 Å². The second kappa shape index (κ2) is 9.09. The molecule has 0 radical (unpaired) electrons. The standard InChI is InChI=1S/C21H21N3O2S/c1-15-5-3-7-18(23-15)12-22-21(25)10-9-17-6-4-8-20(11-17)26-13-19-14-27-16(2)24-19/h3-11,14H,12-13H2,1-2H3,(H,22,25)/b10-9+. The Hall–Kier alpha value is -2.99. The molecule has 0 saturated heterocycles. The van der Waals surface area contributed by atoms with Crippen LogP contribution < -0.4 is 10.1 Å². The molecule has 0 aliphatic rings. The highest BCUT2D eigenvalue weighted by molar-refractivity contribution is 7.09. The van der Waals surface area contributed by atoms with E-state index >= 15 is 0 Å². The summed E-state index contributed by atoms with van der Waals surface area (Å²) in [5, 5.41) is 5.85. The number of hydrogen-bond donors (Lipinski definition) is 1. The number of carbonyl (C=O) groups excluding carboxylic acids is 1. The van der Waals surface area contributed by atoms with Gasteiger partial charge in [0.15, 0.2) is 0 Å². The maximum atomic E-state index is 12.0. The molecule has 0 bridgehead atoms. The summed E-state index contributed by atoms with van der Waals surface area (Å²) in [6, 6.07) is 13.3. The summed E-state index contributed by atoms with van der Waals surface area (Å²) in [6.07, 6.45) is 3.28. The van der Waals surface area contributed by atoms with Gasteiger partial charge in [0, 0.05) is 17.2 Å². The summed E-state index contributed by atoms with van der Waals surface area (Å²) in [7, 11) is 0. The van der Waals surface area contributed by atoms with Crippen molar-refractivity contribution < 1.29 is 9.53 Å². The van der Waals surface area contributed by atoms with Crippen molar-refractivity contribution in [2.45, 2.75) is 27.0 Å². The SMILES string of the molecule is Cc1cccc(CNC(=O)/C=C/c2cccc(OCc3csc(C)n3)c2)n1. The molecule has 2 aromatic heterocycles. The molecule has 138 valence electrons. The van der Waals surface area contributed by atoms with Crippen LogP contribution in [0.2, 0.25) is 0 Å². The molecule has 0 saturated carbocycles. The zero-order valence-electron chi connectivity index (χ0n) is 15.3. The van der Waals surface area contributed by atoms with Crippen LogP contribution in [0.15, 0.2) is 53.9 Å². The summed E-state index contributed by atoms with van der Waals surface area (Å²) < 4.78 is 5.77. The highest BCUT2D eigenvalue weighted by Crippen LogP contribution is 2.17. The first-order valence-corrected chi connectivity index (χ1v) is 9.49. The molecule has 1 N–H and O–H groups in total. The number of pyridine rings is 1. The van der Waals surface area contributed by atoms with Crippen LogP contribution in [-0.2, 0) is 17.9 Å². The molecule has 3 rings (SSSR count). The fourth-order valence-electron chi connectivity index (χ4n) is 2.45. The Bertz CT molecular complexity index is 950. The van der Waals surface area contributed by atoms with Crippen LogP contribution in [0.3, 0.4) is 0 Å². The lowest BCUT2D eigenvalue weighted by Gasteiger charge is -2.05. The zero-order chi connectivity index (χ0) is 19.1. The minimum Gasteiger partial charge on any atom is -0.487 e. The number of hydrogen-bond acceptors (Lipinski definition) is 5. The lowest BCUT2D eigenvalue weighted by Crippen LogP contribution is -2.20. The quantitative estimate of drug-likeness (QED) is 0.629. The van der Waals surface area contributed by atoms with Gasteiger partial charge < -0.3 is 10.1 Å². The van der Waals surface area contributed by atoms with Crippen LogP contribution in [-0.4, -0.2) is 15.9 Å². The number of carbonyl (C=O) groups is 1. The molecule has 0 fully saturated rings. The van der Waals surface area contributed by atoms with Crippen molar-refractivity contribution >= 4 is 23.3 Å². The van der Waals surface area contributed by atoms with Gasteiger partial charge in [-0.25, -0.2) is 4.98 Å². The van der Waals surface area contributed by atoms with E-state index in [4.69, 9.17) is 4.74 Å². The fraction of sp³-hybridized carbons (Fsp3) is 0.190. The number of aromatic nitrogens is 2. The third kappa shape index (κ3) is 6.04. The van der Waals surface area contributed by atoms with Crippen LogP contribution in [0.25, 0.3) is 6.08 Å². The smallest absolute Gasteiger partial charge is 0.244 e. The summed E-state index contributed by atoms with van der Waals surface area (Å²) >= 11 is 1.61. The van der Waals surface area contributed by atoms with E-state index in [1.54, 1.807) is 17.4 Å². The average molecular weight is 379 g/mol. The van der Waals surface area contributed by atoms with Gasteiger partial charge in [-0.1, -0.05) is 18.2 Å². The van der Waals surface area contributed by atoms with Crippen LogP contribution >= 0.6 is 11.3 Å². The van der Waals surface area contributed by atoms with Crippen LogP contribution in [0, 0.1) is 13.8 Å². The van der Waals surface area contributed by atoms with E-state index in [1.165, 1.54) is 6.08 Å². The molecular weight excluding hydrogens is 358 g/mol. The van der Waals surface area contributed by atoms with Crippen molar-refractivity contribution in [3.8, 4) is 5.75 Å². The molecule has 0 aliphatic heterocycles. The maximum Gasteiger partial charge on any atom is 0.244 e. The molecule has 5 nitrogen and oxygen atoms in total. The lowest BCUT2D eigenvalue weighted by atomic mass is 10.2. The van der Waals surface area contributed by atoms with Crippen LogP contribution in [0.5, 0.6) is 5.75 Å². The molecule has 0 aliphatic carbocycles. The van der Waals surface area contributed by atoms with Gasteiger partial charge in [0.2, 0.25) is 5.91 Å². The zero-order valence-corrected chi connectivity index (χ0v) is 16.1. The molecular formula is C21H21N3O2S. The van der Waals surface area contributed by atoms with E-state index in [2.05, 4.69) is 15.3 Å². The second-order valence-corrected chi connectivity index (χ2v) is 7.10. The summed E-state index contributed by atoms with van der Waals surface area (Å²) in [5.41, 5.74) is 3.58. The maximum absolute atomic E-state index is 12.0. The van der Waals surface area contributed by atoms with Gasteiger partial charge in [-0.2, -0.15) is 0 Å². The molecule has 0 spiro atoms. The number of ether oxygens (including phenoxy) is 1. The van der Waals surface area contributed by atoms with Crippen molar-refractivity contribution in [3.05, 3.63) is 81.6 Å². The number of thiazole rings is 1. The Morgan fingerprint density at radius 3 is 2.78 bits per heavy atom. The molecule has 1 aromatic carbocycles. The van der Waals surface area contributed by atoms with Crippen molar-refractivity contribution in [3.63, 3.8) is 0 Å². The first kappa shape index (κ1) is 18.8. The number of benzene rings is 1. The van der Waals surface area contributed by atoms with Gasteiger partial charge in [-0.3, -0.25) is 9.78 Å². The van der Waals surface area contributed by atoms with Gasteiger partial charge in [0.1, 0.15) is 12.4 Å². The van der Waals surface area contributed by atoms with Crippen molar-refractivity contribution in [2.75, 3.05) is 0 Å². The van der Waals surface area contributed by atoms with E-state index in [9.17, 15) is 4.79 Å². The highest BCUT2D eigenvalue weighted by Gasteiger charge is 2.01. The summed E-state index contributed by atoms with van der Waals surface area (Å²) in [5.74, 6) is 0.578. The van der Waals surface area contributed by atoms with Crippen molar-refractivity contribution in [1.29, 1.82) is 0 Å². The Labute approximate surface area is 162 Å². The Morgan fingerprint density at radius 2 is 2.00 bits per heavy atom. The second-order valence-electron chi connectivity index (χ2n) is 6.04. The number of rotatable bonds is 7. The third-order valence-corrected chi connectivity index (χ3v) is 4.55. The molecule has 0 unspecified atom stereocenters. The summed E-state index contributed by atoms with van der Waals surface area (Å²) in [4.78, 5) is 20.8. The van der Waals surface area contributed by atoms with Gasteiger partial charge in [-0.05, 0) is 49.8 Å². The van der Waals surface area contributed by atoms with Crippen molar-refractivity contribution in [1.82, 2.24) is 15.3 Å². The van der Waals surface area contributed by atoms with Gasteiger partial charge in [0.05, 0.1) is 22.9 Å². The van der Waals surface area contributed by atoms with Gasteiger partial charge in [0.25, 0.3) is 0 Å². The predicted octanol–water partition coefficient (Wildman–Crippen LogP) is 4.06. The van der Waals surface area contributed by atoms with Crippen LogP contribution in [0.4, 0.5) is 0 Å². The number of amides is 1. The highest BCUT2D eigenvalue weighted by atomic mass is 32.1. The minimum atomic E-state index is -0.164. The molecule has 2 heterocycles. The minimum absolute atomic E-state index is 0.164. The van der Waals surface area contributed by atoms with E-state index in [0.717, 1.165) is 33.4 Å². The number of nitrogens with zero attached hydrogens (tertiary/aromatic N) is 2. The largest absolute Gasteiger partial charge is 0.487 e. The Morgan fingerprint density at radius 1 is 1.15 bits per heavy atom. The normalized spacial score (nSPS) is 10.9. The Kier molecular flexibility index (Phi) is 6.33. The van der Waals surface area contributed by atoms with Gasteiger partial charge in [-0.15, -0.1) is 11.3 Å². The molecule has 6 heteroatoms. The molecule has 1 amide bonds. The molecule has 27 heavy (non-hydrogen) atoms. The first-order valence-electron chi connectivity index (χ1n) is 8.61. The van der Waals surface area contributed by atoms with E-state index < -0.39 is 0 Å². The van der Waals surface area contributed by atoms with Crippen molar-refractivity contribution in [2.24, 2.45) is 0 Å². The predicted molar refractivity (Wildman–Crippen MR) is 107 cm³/mol. The number of nitrogens with one attached hydrogen (secondary N) is 1. The molecule has 3 aromatic rings. The first-order chi connectivity index (χ1) is 13.1. The lowest BCUT2D eigenvalue weighted by molar-refractivity contribution is -0.116. The third-order valence-electron chi connectivity index (χ3n) is 3.73. The Balaban J connectivity index is 1.52. The monoisotopic (exact) mass is 379 g/mol. The van der Waals surface area contributed by atoms with E-state index in [1.807, 2.05) is 61.7 Å².